The molecule has 0 spiro atoms. The zero-order valence-electron chi connectivity index (χ0n) is 11.2. The van der Waals surface area contributed by atoms with Gasteiger partial charge >= 0.3 is 0 Å². The van der Waals surface area contributed by atoms with Gasteiger partial charge in [-0.3, -0.25) is 4.98 Å². The van der Waals surface area contributed by atoms with Crippen molar-refractivity contribution >= 4 is 17.6 Å². The van der Waals surface area contributed by atoms with Crippen LogP contribution in [-0.2, 0) is 6.42 Å². The van der Waals surface area contributed by atoms with Crippen LogP contribution in [0.4, 0.5) is 17.6 Å². The van der Waals surface area contributed by atoms with Gasteiger partial charge in [0.2, 0.25) is 5.95 Å². The first kappa shape index (κ1) is 13.1. The highest BCUT2D eigenvalue weighted by atomic mass is 15.2. The Bertz CT molecular complexity index is 528. The summed E-state index contributed by atoms with van der Waals surface area (Å²) < 4.78 is 0. The molecule has 2 rings (SSSR count). The third-order valence-corrected chi connectivity index (χ3v) is 2.86. The van der Waals surface area contributed by atoms with Crippen molar-refractivity contribution in [3.8, 4) is 0 Å². The predicted octanol–water partition coefficient (Wildman–Crippen LogP) is 1.17. The molecule has 2 aromatic rings. The number of rotatable bonds is 5. The van der Waals surface area contributed by atoms with Gasteiger partial charge in [0.15, 0.2) is 0 Å². The fourth-order valence-corrected chi connectivity index (χ4v) is 1.74. The second-order valence-electron chi connectivity index (χ2n) is 4.25. The van der Waals surface area contributed by atoms with Gasteiger partial charge in [-0.1, -0.05) is 0 Å². The molecule has 3 N–H and O–H groups in total. The first-order valence-electron chi connectivity index (χ1n) is 6.11. The van der Waals surface area contributed by atoms with E-state index in [4.69, 9.17) is 5.73 Å². The van der Waals surface area contributed by atoms with Crippen molar-refractivity contribution in [3.05, 3.63) is 36.2 Å². The van der Waals surface area contributed by atoms with Gasteiger partial charge in [-0.2, -0.15) is 9.97 Å². The standard InChI is InChI=1S/C13H18N6/c1-15-11-9-12(18-13(14)17-11)19(2)8-5-10-3-6-16-7-4-10/h3-4,6-7,9H,5,8H2,1-2H3,(H3,14,15,17,18). The molecule has 0 aliphatic heterocycles. The number of likely N-dealkylation sites (N-methyl/N-ethyl adjacent to an activating group) is 1. The summed E-state index contributed by atoms with van der Waals surface area (Å²) in [5.41, 5.74) is 6.93. The number of nitrogen functional groups attached to an aromatic ring is 1. The summed E-state index contributed by atoms with van der Waals surface area (Å²) in [5.74, 6) is 1.81. The maximum absolute atomic E-state index is 5.68. The van der Waals surface area contributed by atoms with Crippen LogP contribution in [0.15, 0.2) is 30.6 Å². The Morgan fingerprint density at radius 3 is 2.68 bits per heavy atom. The van der Waals surface area contributed by atoms with E-state index >= 15 is 0 Å². The first-order valence-corrected chi connectivity index (χ1v) is 6.11. The number of hydrogen-bond donors (Lipinski definition) is 2. The molecule has 0 aromatic carbocycles. The SMILES string of the molecule is CNc1cc(N(C)CCc2ccncc2)nc(N)n1. The summed E-state index contributed by atoms with van der Waals surface area (Å²) in [7, 11) is 3.80. The second kappa shape index (κ2) is 5.99. The van der Waals surface area contributed by atoms with E-state index in [0.29, 0.717) is 0 Å². The highest BCUT2D eigenvalue weighted by Crippen LogP contribution is 2.15. The molecule has 0 amide bonds. The van der Waals surface area contributed by atoms with Crippen LogP contribution < -0.4 is 16.0 Å². The topological polar surface area (TPSA) is 80.0 Å². The average Bonchev–Trinajstić information content (AvgIpc) is 2.45. The van der Waals surface area contributed by atoms with Crippen molar-refractivity contribution in [2.45, 2.75) is 6.42 Å². The Morgan fingerprint density at radius 2 is 2.00 bits per heavy atom. The summed E-state index contributed by atoms with van der Waals surface area (Å²) >= 11 is 0. The van der Waals surface area contributed by atoms with Crippen molar-refractivity contribution in [3.63, 3.8) is 0 Å². The highest BCUT2D eigenvalue weighted by Gasteiger charge is 2.06. The number of aromatic nitrogens is 3. The van der Waals surface area contributed by atoms with Gasteiger partial charge in [0.05, 0.1) is 0 Å². The monoisotopic (exact) mass is 258 g/mol. The van der Waals surface area contributed by atoms with Crippen molar-refractivity contribution in [1.82, 2.24) is 15.0 Å². The molecule has 100 valence electrons. The van der Waals surface area contributed by atoms with Crippen molar-refractivity contribution in [2.75, 3.05) is 36.6 Å². The van der Waals surface area contributed by atoms with Crippen LogP contribution in [0.1, 0.15) is 5.56 Å². The number of nitrogens with zero attached hydrogens (tertiary/aromatic N) is 4. The van der Waals surface area contributed by atoms with Gasteiger partial charge < -0.3 is 16.0 Å². The molecular weight excluding hydrogens is 240 g/mol. The van der Waals surface area contributed by atoms with Crippen molar-refractivity contribution in [2.24, 2.45) is 0 Å². The molecule has 0 saturated heterocycles. The molecular formula is C13H18N6. The van der Waals surface area contributed by atoms with Gasteiger partial charge in [-0.15, -0.1) is 0 Å². The molecule has 0 aliphatic carbocycles. The van der Waals surface area contributed by atoms with Gasteiger partial charge in [-0.05, 0) is 24.1 Å². The molecule has 0 fully saturated rings. The van der Waals surface area contributed by atoms with Gasteiger partial charge in [0.25, 0.3) is 0 Å². The lowest BCUT2D eigenvalue weighted by Crippen LogP contribution is -2.22. The molecule has 0 bridgehead atoms. The van der Waals surface area contributed by atoms with E-state index in [9.17, 15) is 0 Å². The third-order valence-electron chi connectivity index (χ3n) is 2.86. The molecule has 0 saturated carbocycles. The molecule has 0 aliphatic rings. The molecule has 6 heteroatoms. The van der Waals surface area contributed by atoms with Crippen LogP contribution in [-0.4, -0.2) is 35.6 Å². The summed E-state index contributed by atoms with van der Waals surface area (Å²) in [5, 5.41) is 2.97. The number of nitrogens with one attached hydrogen (secondary N) is 1. The van der Waals surface area contributed by atoms with Crippen molar-refractivity contribution in [1.29, 1.82) is 0 Å². The van der Waals surface area contributed by atoms with Crippen LogP contribution in [0.3, 0.4) is 0 Å². The average molecular weight is 258 g/mol. The Balaban J connectivity index is 2.03. The first-order chi connectivity index (χ1) is 9.19. The lowest BCUT2D eigenvalue weighted by Gasteiger charge is -2.18. The zero-order valence-corrected chi connectivity index (χ0v) is 11.2. The molecule has 6 nitrogen and oxygen atoms in total. The normalized spacial score (nSPS) is 10.2. The van der Waals surface area contributed by atoms with Crippen molar-refractivity contribution < 1.29 is 0 Å². The molecule has 0 unspecified atom stereocenters. The van der Waals surface area contributed by atoms with Crippen LogP contribution in [0, 0.1) is 0 Å². The smallest absolute Gasteiger partial charge is 0.223 e. The fourth-order valence-electron chi connectivity index (χ4n) is 1.74. The number of hydrogen-bond acceptors (Lipinski definition) is 6. The summed E-state index contributed by atoms with van der Waals surface area (Å²) in [6, 6.07) is 5.91. The number of pyridine rings is 1. The summed E-state index contributed by atoms with van der Waals surface area (Å²) in [4.78, 5) is 14.4. The zero-order chi connectivity index (χ0) is 13.7. The van der Waals surface area contributed by atoms with E-state index in [1.165, 1.54) is 5.56 Å². The van der Waals surface area contributed by atoms with Gasteiger partial charge in [0, 0.05) is 39.1 Å². The number of anilines is 3. The Hall–Kier alpha value is -2.37. The summed E-state index contributed by atoms with van der Waals surface area (Å²) in [6.45, 7) is 0.851. The third kappa shape index (κ3) is 3.54. The van der Waals surface area contributed by atoms with E-state index in [2.05, 4.69) is 25.2 Å². The molecule has 0 radical (unpaired) electrons. The van der Waals surface area contributed by atoms with Gasteiger partial charge in [-0.25, -0.2) is 0 Å². The van der Waals surface area contributed by atoms with Crippen LogP contribution in [0.2, 0.25) is 0 Å². The minimum absolute atomic E-state index is 0.276. The minimum Gasteiger partial charge on any atom is -0.373 e. The molecule has 2 heterocycles. The fraction of sp³-hybridized carbons (Fsp3) is 0.308. The Kier molecular flexibility index (Phi) is 4.12. The van der Waals surface area contributed by atoms with Crippen LogP contribution in [0.25, 0.3) is 0 Å². The highest BCUT2D eigenvalue weighted by molar-refractivity contribution is 5.51. The molecule has 2 aromatic heterocycles. The lowest BCUT2D eigenvalue weighted by molar-refractivity contribution is 0.856. The lowest BCUT2D eigenvalue weighted by atomic mass is 10.2. The molecule has 0 atom stereocenters. The second-order valence-corrected chi connectivity index (χ2v) is 4.25. The minimum atomic E-state index is 0.276. The van der Waals surface area contributed by atoms with E-state index < -0.39 is 0 Å². The summed E-state index contributed by atoms with van der Waals surface area (Å²) in [6.07, 6.45) is 4.53. The largest absolute Gasteiger partial charge is 0.373 e. The maximum Gasteiger partial charge on any atom is 0.223 e. The van der Waals surface area contributed by atoms with Crippen LogP contribution in [0.5, 0.6) is 0 Å². The van der Waals surface area contributed by atoms with E-state index in [1.807, 2.05) is 32.3 Å². The Morgan fingerprint density at radius 1 is 1.26 bits per heavy atom. The predicted molar refractivity (Wildman–Crippen MR) is 77.2 cm³/mol. The van der Waals surface area contributed by atoms with Gasteiger partial charge in [0.1, 0.15) is 11.6 Å². The van der Waals surface area contributed by atoms with E-state index in [1.54, 1.807) is 12.4 Å². The quantitative estimate of drug-likeness (QED) is 0.838. The maximum atomic E-state index is 5.68. The van der Waals surface area contributed by atoms with E-state index in [-0.39, 0.29) is 5.95 Å². The Labute approximate surface area is 112 Å². The number of nitrogens with two attached hydrogens (primary N) is 1. The molecule has 19 heavy (non-hydrogen) atoms. The van der Waals surface area contributed by atoms with Crippen LogP contribution >= 0.6 is 0 Å². The van der Waals surface area contributed by atoms with E-state index in [0.717, 1.165) is 24.6 Å².